The maximum Gasteiger partial charge on any atom is 0.342 e. The number of methoxy groups -OCH3 is 1. The topological polar surface area (TPSA) is 48.7 Å². The second-order valence-electron chi connectivity index (χ2n) is 5.67. The van der Waals surface area contributed by atoms with Crippen LogP contribution in [0.15, 0.2) is 22.8 Å². The van der Waals surface area contributed by atoms with Crippen molar-refractivity contribution in [3.63, 3.8) is 0 Å². The predicted octanol–water partition coefficient (Wildman–Crippen LogP) is 3.92. The van der Waals surface area contributed by atoms with Crippen molar-refractivity contribution in [2.45, 2.75) is 33.1 Å². The summed E-state index contributed by atoms with van der Waals surface area (Å²) in [6.45, 7) is 8.39. The highest BCUT2D eigenvalue weighted by Crippen LogP contribution is 2.36. The first-order chi connectivity index (χ1) is 9.38. The predicted molar refractivity (Wildman–Crippen MR) is 77.4 cm³/mol. The Morgan fingerprint density at radius 3 is 2.55 bits per heavy atom. The maximum absolute atomic E-state index is 12.0. The summed E-state index contributed by atoms with van der Waals surface area (Å²) in [6, 6.07) is 3.75. The van der Waals surface area contributed by atoms with E-state index in [0.29, 0.717) is 23.5 Å². The summed E-state index contributed by atoms with van der Waals surface area (Å²) in [6.07, 6.45) is 1.46. The molecule has 1 aromatic heterocycles. The number of benzene rings is 1. The van der Waals surface area contributed by atoms with E-state index in [1.165, 1.54) is 6.26 Å². The molecule has 4 heteroatoms. The van der Waals surface area contributed by atoms with E-state index >= 15 is 0 Å². The van der Waals surface area contributed by atoms with Crippen molar-refractivity contribution in [3.8, 4) is 5.75 Å². The van der Waals surface area contributed by atoms with Crippen molar-refractivity contribution in [2.24, 2.45) is 0 Å². The molecule has 2 aromatic rings. The molecule has 20 heavy (non-hydrogen) atoms. The van der Waals surface area contributed by atoms with E-state index in [4.69, 9.17) is 13.9 Å². The van der Waals surface area contributed by atoms with E-state index in [1.54, 1.807) is 20.1 Å². The van der Waals surface area contributed by atoms with Crippen molar-refractivity contribution in [1.82, 2.24) is 0 Å². The molecular weight excluding hydrogens is 256 g/mol. The third-order valence-electron chi connectivity index (χ3n) is 3.19. The van der Waals surface area contributed by atoms with Gasteiger partial charge in [-0.05, 0) is 24.5 Å². The molecule has 1 aromatic carbocycles. The van der Waals surface area contributed by atoms with Crippen LogP contribution in [0.4, 0.5) is 0 Å². The molecule has 0 N–H and O–H groups in total. The average molecular weight is 276 g/mol. The molecule has 0 unspecified atom stereocenters. The number of rotatable bonds is 3. The second-order valence-corrected chi connectivity index (χ2v) is 5.67. The number of fused-ring (bicyclic) bond motifs is 1. The molecule has 0 atom stereocenters. The monoisotopic (exact) mass is 276 g/mol. The zero-order valence-corrected chi connectivity index (χ0v) is 12.6. The third kappa shape index (κ3) is 2.50. The summed E-state index contributed by atoms with van der Waals surface area (Å²) in [7, 11) is 1.61. The summed E-state index contributed by atoms with van der Waals surface area (Å²) >= 11 is 0. The van der Waals surface area contributed by atoms with Gasteiger partial charge in [-0.2, -0.15) is 0 Å². The Morgan fingerprint density at radius 2 is 2.00 bits per heavy atom. The highest BCUT2D eigenvalue weighted by molar-refractivity contribution is 6.04. The summed E-state index contributed by atoms with van der Waals surface area (Å²) < 4.78 is 16.0. The highest BCUT2D eigenvalue weighted by Gasteiger charge is 2.24. The van der Waals surface area contributed by atoms with Crippen molar-refractivity contribution >= 4 is 16.9 Å². The van der Waals surface area contributed by atoms with Gasteiger partial charge in [-0.15, -0.1) is 0 Å². The van der Waals surface area contributed by atoms with Gasteiger partial charge < -0.3 is 13.9 Å². The van der Waals surface area contributed by atoms with Crippen LogP contribution in [0, 0.1) is 0 Å². The molecule has 0 bridgehead atoms. The van der Waals surface area contributed by atoms with E-state index in [9.17, 15) is 4.79 Å². The zero-order chi connectivity index (χ0) is 14.9. The fraction of sp³-hybridized carbons (Fsp3) is 0.438. The van der Waals surface area contributed by atoms with Gasteiger partial charge in [-0.25, -0.2) is 4.79 Å². The standard InChI is InChI=1S/C16H20O4/c1-6-19-15(17)12-9-20-14-11(12)7-10(18-5)8-13(14)16(2,3)4/h7-9H,6H2,1-5H3. The lowest BCUT2D eigenvalue weighted by Crippen LogP contribution is -2.12. The number of hydrogen-bond acceptors (Lipinski definition) is 4. The summed E-state index contributed by atoms with van der Waals surface area (Å²) in [5.41, 5.74) is 2.03. The molecule has 0 aliphatic carbocycles. The number of carbonyl (C=O) groups excluding carboxylic acids is 1. The average Bonchev–Trinajstić information content (AvgIpc) is 2.80. The molecule has 2 rings (SSSR count). The van der Waals surface area contributed by atoms with Crippen LogP contribution in [-0.4, -0.2) is 19.7 Å². The van der Waals surface area contributed by atoms with Gasteiger partial charge in [-0.1, -0.05) is 20.8 Å². The van der Waals surface area contributed by atoms with Crippen LogP contribution in [0.2, 0.25) is 0 Å². The van der Waals surface area contributed by atoms with Gasteiger partial charge in [0.1, 0.15) is 23.2 Å². The van der Waals surface area contributed by atoms with Crippen LogP contribution in [0.3, 0.4) is 0 Å². The van der Waals surface area contributed by atoms with Crippen LogP contribution in [0.25, 0.3) is 11.0 Å². The van der Waals surface area contributed by atoms with E-state index in [2.05, 4.69) is 20.8 Å². The Balaban J connectivity index is 2.69. The SMILES string of the molecule is CCOC(=O)c1coc2c(C(C)(C)C)cc(OC)cc12. The van der Waals surface area contributed by atoms with Gasteiger partial charge >= 0.3 is 5.97 Å². The van der Waals surface area contributed by atoms with Crippen LogP contribution in [0.1, 0.15) is 43.6 Å². The van der Waals surface area contributed by atoms with Crippen LogP contribution >= 0.6 is 0 Å². The van der Waals surface area contributed by atoms with Gasteiger partial charge in [0, 0.05) is 10.9 Å². The minimum Gasteiger partial charge on any atom is -0.497 e. The molecule has 0 amide bonds. The van der Waals surface area contributed by atoms with Gasteiger partial charge in [0.2, 0.25) is 0 Å². The van der Waals surface area contributed by atoms with Gasteiger partial charge in [-0.3, -0.25) is 0 Å². The van der Waals surface area contributed by atoms with Gasteiger partial charge in [0.05, 0.1) is 13.7 Å². The first-order valence-electron chi connectivity index (χ1n) is 6.65. The smallest absolute Gasteiger partial charge is 0.342 e. The maximum atomic E-state index is 12.0. The van der Waals surface area contributed by atoms with Crippen molar-refractivity contribution < 1.29 is 18.7 Å². The number of ether oxygens (including phenoxy) is 2. The van der Waals surface area contributed by atoms with Gasteiger partial charge in [0.15, 0.2) is 0 Å². The number of carbonyl (C=O) groups is 1. The molecule has 0 saturated heterocycles. The van der Waals surface area contributed by atoms with Crippen molar-refractivity contribution in [3.05, 3.63) is 29.5 Å². The Bertz CT molecular complexity index is 632. The molecule has 108 valence electrons. The van der Waals surface area contributed by atoms with Crippen molar-refractivity contribution in [2.75, 3.05) is 13.7 Å². The molecule has 0 radical (unpaired) electrons. The van der Waals surface area contributed by atoms with E-state index in [0.717, 1.165) is 10.9 Å². The van der Waals surface area contributed by atoms with Crippen LogP contribution < -0.4 is 4.74 Å². The highest BCUT2D eigenvalue weighted by atomic mass is 16.5. The normalized spacial score (nSPS) is 11.7. The Morgan fingerprint density at radius 1 is 1.30 bits per heavy atom. The number of esters is 1. The zero-order valence-electron chi connectivity index (χ0n) is 12.6. The molecule has 0 spiro atoms. The van der Waals surface area contributed by atoms with E-state index < -0.39 is 0 Å². The molecular formula is C16H20O4. The Kier molecular flexibility index (Phi) is 3.75. The summed E-state index contributed by atoms with van der Waals surface area (Å²) in [4.78, 5) is 12.0. The minimum atomic E-state index is -0.376. The number of furan rings is 1. The molecule has 0 fully saturated rings. The molecule has 4 nitrogen and oxygen atoms in total. The second kappa shape index (κ2) is 5.19. The molecule has 0 aliphatic rings. The van der Waals surface area contributed by atoms with Crippen molar-refractivity contribution in [1.29, 1.82) is 0 Å². The van der Waals surface area contributed by atoms with Crippen LogP contribution in [0.5, 0.6) is 5.75 Å². The fourth-order valence-electron chi connectivity index (χ4n) is 2.15. The van der Waals surface area contributed by atoms with E-state index in [-0.39, 0.29) is 11.4 Å². The molecule has 0 saturated carbocycles. The lowest BCUT2D eigenvalue weighted by atomic mass is 9.85. The summed E-state index contributed by atoms with van der Waals surface area (Å²) in [5.74, 6) is 0.328. The fourth-order valence-corrected chi connectivity index (χ4v) is 2.15. The number of hydrogen-bond donors (Lipinski definition) is 0. The summed E-state index contributed by atoms with van der Waals surface area (Å²) in [5, 5.41) is 0.729. The largest absolute Gasteiger partial charge is 0.497 e. The first-order valence-corrected chi connectivity index (χ1v) is 6.65. The third-order valence-corrected chi connectivity index (χ3v) is 3.19. The Hall–Kier alpha value is -1.97. The minimum absolute atomic E-state index is 0.115. The van der Waals surface area contributed by atoms with Crippen LogP contribution in [-0.2, 0) is 10.2 Å². The lowest BCUT2D eigenvalue weighted by molar-refractivity contribution is 0.0527. The van der Waals surface area contributed by atoms with E-state index in [1.807, 2.05) is 6.07 Å². The Labute approximate surface area is 118 Å². The quantitative estimate of drug-likeness (QED) is 0.797. The molecule has 1 heterocycles. The lowest BCUT2D eigenvalue weighted by Gasteiger charge is -2.20. The molecule has 0 aliphatic heterocycles. The first kappa shape index (κ1) is 14.4. The van der Waals surface area contributed by atoms with Gasteiger partial charge in [0.25, 0.3) is 0 Å².